The zero-order valence-corrected chi connectivity index (χ0v) is 43.8. The summed E-state index contributed by atoms with van der Waals surface area (Å²) in [4.78, 5) is 0. The van der Waals surface area contributed by atoms with Crippen LogP contribution in [0.5, 0.6) is 0 Å². The Morgan fingerprint density at radius 1 is 0.170 bits per heavy atom. The number of furan rings is 2. The molecule has 0 atom stereocenters. The highest BCUT2D eigenvalue weighted by Crippen LogP contribution is 2.49. The standard InChI is InChI=1S/C46H28O.C40H24O/c1-2-12-29(13-3-1)40-27-34(24-32-16-6-7-17-35(32)40)46-38-20-10-8-18-36(38)45(37-19-9-11-21-39(37)46)33-22-23-43-41(26-33)42-25-30-14-4-5-15-31(30)28-44(42)47-43;1-2-12-27-24-38-36(22-26(27)11-1)35-23-28(20-21-37(35)41-38)39-31-15-5-7-17-33(31)40(34-18-8-6-16-32(34)39)30-19-9-13-25-10-3-4-14-29(25)30/h1-28H;1-24H/i1D,2D,3D,4D,5D,6D,7D,8D,9D,10D,11D,12D,13D,14D,15D,16D,17D,18D,19D,20D,21D,22D,23D,24D,25D,26D,27D,28D;1D,2D,3D,4D,5D,6D,7D,8D,9D,10D,11D,12D,13D,14D,15D,16D,17D,18D,19D,20D,21D,22D,23D,24D. The first kappa shape index (κ1) is 20.6. The van der Waals surface area contributed by atoms with E-state index in [1.54, 1.807) is 0 Å². The number of hydrogen-bond donors (Lipinski definition) is 0. The van der Waals surface area contributed by atoms with Crippen LogP contribution >= 0.6 is 0 Å². The monoisotopic (exact) mass is 1170 g/mol. The lowest BCUT2D eigenvalue weighted by Crippen LogP contribution is -1.92. The van der Waals surface area contributed by atoms with E-state index in [1.807, 2.05) is 0 Å². The fourth-order valence-electron chi connectivity index (χ4n) is 10.8. The molecular weight excluding hydrogens is 1060 g/mol. The van der Waals surface area contributed by atoms with Crippen LogP contribution in [0.15, 0.2) is 323 Å². The first-order valence-electron chi connectivity index (χ1n) is 52.1. The van der Waals surface area contributed by atoms with Crippen LogP contribution in [-0.4, -0.2) is 0 Å². The maximum Gasteiger partial charge on any atom is 0.136 e. The van der Waals surface area contributed by atoms with Crippen molar-refractivity contribution in [2.45, 2.75) is 0 Å². The molecule has 0 spiro atoms. The molecule has 0 saturated carbocycles. The highest BCUT2D eigenvalue weighted by molar-refractivity contribution is 6.26. The van der Waals surface area contributed by atoms with Gasteiger partial charge < -0.3 is 8.83 Å². The van der Waals surface area contributed by atoms with Crippen LogP contribution in [0.3, 0.4) is 0 Å². The first-order chi connectivity index (χ1) is 65.3. The van der Waals surface area contributed by atoms with Gasteiger partial charge in [-0.2, -0.15) is 0 Å². The van der Waals surface area contributed by atoms with Crippen LogP contribution < -0.4 is 0 Å². The van der Waals surface area contributed by atoms with E-state index in [1.165, 1.54) is 0 Å². The molecule has 0 aliphatic heterocycles. The third-order valence-electron chi connectivity index (χ3n) is 14.5. The molecule has 0 amide bonds. The Labute approximate surface area is 580 Å². The molecular formula is C86H52O2. The van der Waals surface area contributed by atoms with Crippen molar-refractivity contribution < 1.29 is 80.1 Å². The third-order valence-corrected chi connectivity index (χ3v) is 14.5. The molecule has 0 bridgehead atoms. The molecule has 2 aromatic heterocycles. The molecule has 0 fully saturated rings. The summed E-state index contributed by atoms with van der Waals surface area (Å²) in [5, 5.41) is -12.1. The Kier molecular flexibility index (Phi) is 4.68. The second-order valence-electron chi connectivity index (χ2n) is 19.3. The normalized spacial score (nSPS) is 20.1. The predicted molar refractivity (Wildman–Crippen MR) is 375 cm³/mol. The summed E-state index contributed by atoms with van der Waals surface area (Å²) in [6.07, 6.45) is 0. The average molecular weight is 1170 g/mol. The topological polar surface area (TPSA) is 26.3 Å². The molecule has 0 unspecified atom stereocenters. The van der Waals surface area contributed by atoms with Crippen molar-refractivity contribution in [1.29, 1.82) is 0 Å². The van der Waals surface area contributed by atoms with Crippen LogP contribution in [0.4, 0.5) is 0 Å². The van der Waals surface area contributed by atoms with Crippen molar-refractivity contribution in [3.63, 3.8) is 0 Å². The van der Waals surface area contributed by atoms with Crippen molar-refractivity contribution in [1.82, 2.24) is 0 Å². The van der Waals surface area contributed by atoms with Crippen LogP contribution in [-0.2, 0) is 0 Å². The summed E-state index contributed by atoms with van der Waals surface area (Å²) in [7, 11) is 0. The molecule has 0 saturated heterocycles. The maximum absolute atomic E-state index is 9.96. The summed E-state index contributed by atoms with van der Waals surface area (Å²) >= 11 is 0. The van der Waals surface area contributed by atoms with Crippen LogP contribution in [0.1, 0.15) is 71.3 Å². The van der Waals surface area contributed by atoms with E-state index in [2.05, 4.69) is 0 Å². The Balaban J connectivity index is 0.000000187. The number of benzene rings is 17. The summed E-state index contributed by atoms with van der Waals surface area (Å²) in [5.74, 6) is 0. The fourth-order valence-corrected chi connectivity index (χ4v) is 10.8. The van der Waals surface area contributed by atoms with Crippen LogP contribution in [0, 0.1) is 0 Å². The number of fused-ring (bicyclic) bond motifs is 14. The first-order valence-corrected chi connectivity index (χ1v) is 26.1. The van der Waals surface area contributed by atoms with Gasteiger partial charge in [-0.3, -0.25) is 0 Å². The summed E-state index contributed by atoms with van der Waals surface area (Å²) in [5.41, 5.74) is -9.79. The van der Waals surface area contributed by atoms with E-state index >= 15 is 0 Å². The van der Waals surface area contributed by atoms with Gasteiger partial charge in [0.2, 0.25) is 0 Å². The second-order valence-corrected chi connectivity index (χ2v) is 19.3. The van der Waals surface area contributed by atoms with Gasteiger partial charge in [0.05, 0.1) is 71.3 Å². The lowest BCUT2D eigenvalue weighted by molar-refractivity contribution is 0.669. The van der Waals surface area contributed by atoms with Crippen molar-refractivity contribution >= 4 is 130 Å². The molecule has 2 heteroatoms. The van der Waals surface area contributed by atoms with E-state index in [-0.39, 0.29) is 0 Å². The van der Waals surface area contributed by atoms with E-state index < -0.39 is 500 Å². The van der Waals surface area contributed by atoms with Crippen LogP contribution in [0.2, 0.25) is 0 Å². The lowest BCUT2D eigenvalue weighted by Gasteiger charge is -2.19. The average Bonchev–Trinajstić information content (AvgIpc) is 0.892. The van der Waals surface area contributed by atoms with E-state index in [0.29, 0.717) is 0 Å². The zero-order valence-electron chi connectivity index (χ0n) is 95.8. The SMILES string of the molecule is [2H]c1c(-c2c3c([2H])c([2H])c([2H])c([2H])c3c(-c3c([2H])c([2H])c([2H])c4c([2H])c([2H])c([2H])c([2H])c34)c3c([2H])c([2H])c([2H])c([2H])c23)c([2H])c2c(oc3c([2H])c4c([2H])c([2H])c([2H])c([2H])c4c([2H])c32)c1[2H].[2H]c1c([2H])c([2H])c(-c2c([2H])c(-c3c4c([2H])c([2H])c([2H])c([2H])c4c(-c4c([2H])c([2H])c5oc6c([2H])c7c([2H])c([2H])c([2H])c([2H])c7c([2H])c6c5c4[2H])c4c([2H])c([2H])c([2H])c([2H])c34)c([2H])c3c([2H])c([2H])c([2H])c([2H])c23)c([2H])c1[2H]. The van der Waals surface area contributed by atoms with Crippen molar-refractivity contribution in [3.05, 3.63) is 314 Å². The minimum Gasteiger partial charge on any atom is -0.456 e. The summed E-state index contributed by atoms with van der Waals surface area (Å²) < 4.78 is 479. The molecule has 0 aliphatic carbocycles. The minimum absolute atomic E-state index is 0.419. The van der Waals surface area contributed by atoms with Crippen molar-refractivity contribution in [3.8, 4) is 55.6 Å². The van der Waals surface area contributed by atoms with E-state index in [0.717, 1.165) is 0 Å². The molecule has 19 rings (SSSR count). The van der Waals surface area contributed by atoms with Gasteiger partial charge >= 0.3 is 0 Å². The quantitative estimate of drug-likeness (QED) is 0.161. The summed E-state index contributed by atoms with van der Waals surface area (Å²) in [6.45, 7) is 0. The van der Waals surface area contributed by atoms with E-state index in [4.69, 9.17) is 54.1 Å². The molecule has 2 nitrogen and oxygen atoms in total. The molecule has 19 aromatic rings. The lowest BCUT2D eigenvalue weighted by atomic mass is 9.84. The van der Waals surface area contributed by atoms with Gasteiger partial charge in [-0.05, 0) is 202 Å². The molecule has 2 heterocycles. The van der Waals surface area contributed by atoms with E-state index in [9.17, 15) is 26.0 Å². The third kappa shape index (κ3) is 7.97. The van der Waals surface area contributed by atoms with Gasteiger partial charge in [0.25, 0.3) is 0 Å². The van der Waals surface area contributed by atoms with Crippen LogP contribution in [0.25, 0.3) is 186 Å². The smallest absolute Gasteiger partial charge is 0.136 e. The fraction of sp³-hybridized carbons (Fsp3) is 0. The largest absolute Gasteiger partial charge is 0.456 e. The Morgan fingerprint density at radius 3 is 0.977 bits per heavy atom. The van der Waals surface area contributed by atoms with Gasteiger partial charge in [0.1, 0.15) is 22.3 Å². The van der Waals surface area contributed by atoms with Crippen molar-refractivity contribution in [2.24, 2.45) is 0 Å². The molecule has 17 aromatic carbocycles. The Hall–Kier alpha value is -11.6. The molecule has 0 N–H and O–H groups in total. The van der Waals surface area contributed by atoms with Gasteiger partial charge in [-0.25, -0.2) is 0 Å². The number of hydrogen-bond acceptors (Lipinski definition) is 2. The zero-order chi connectivity index (χ0) is 103. The second kappa shape index (κ2) is 20.0. The highest BCUT2D eigenvalue weighted by Gasteiger charge is 2.22. The highest BCUT2D eigenvalue weighted by atomic mass is 16.3. The molecule has 0 radical (unpaired) electrons. The predicted octanol–water partition coefficient (Wildman–Crippen LogP) is 24.7. The Morgan fingerprint density at radius 2 is 0.511 bits per heavy atom. The van der Waals surface area contributed by atoms with Crippen molar-refractivity contribution in [2.75, 3.05) is 0 Å². The minimum atomic E-state index is -1.08. The van der Waals surface area contributed by atoms with Gasteiger partial charge in [0.15, 0.2) is 0 Å². The molecule has 88 heavy (non-hydrogen) atoms. The van der Waals surface area contributed by atoms with Gasteiger partial charge in [0, 0.05) is 21.5 Å². The summed E-state index contributed by atoms with van der Waals surface area (Å²) in [6, 6.07) is -46.5. The number of rotatable bonds is 5. The van der Waals surface area contributed by atoms with Gasteiger partial charge in [-0.15, -0.1) is 0 Å². The molecule has 0 aliphatic rings. The maximum atomic E-state index is 9.96. The molecule has 408 valence electrons. The van der Waals surface area contributed by atoms with Gasteiger partial charge in [-0.1, -0.05) is 254 Å². The Bertz CT molecular complexity index is 9120.